The molecule has 1 saturated carbocycles. The van der Waals surface area contributed by atoms with Crippen molar-refractivity contribution in [2.24, 2.45) is 11.8 Å². The highest BCUT2D eigenvalue weighted by atomic mass is 32.2. The van der Waals surface area contributed by atoms with Crippen molar-refractivity contribution in [3.8, 4) is 0 Å². The fourth-order valence-corrected chi connectivity index (χ4v) is 4.76. The number of alkyl carbamates (subject to hydrolysis) is 1. The van der Waals surface area contributed by atoms with Crippen LogP contribution in [0.15, 0.2) is 0 Å². The van der Waals surface area contributed by atoms with E-state index in [4.69, 9.17) is 8.92 Å². The van der Waals surface area contributed by atoms with E-state index in [1.54, 1.807) is 0 Å². The summed E-state index contributed by atoms with van der Waals surface area (Å²) in [6, 6.07) is 0.627. The Balaban J connectivity index is 1.64. The van der Waals surface area contributed by atoms with Crippen LogP contribution in [0, 0.1) is 11.8 Å². The summed E-state index contributed by atoms with van der Waals surface area (Å²) in [7, 11) is -3.55. The molecule has 0 aromatic rings. The molecule has 1 amide bonds. The standard InChI is InChI=1S/C17H30N2O5S/c1-3-4-14(12-7-9-19(10-8-12)13-5-6-13)16-15(24-17(20)18-16)11-23-25(2,21)22/h12-16H,3-11H2,1-2H3,(H,18,20). The maximum atomic E-state index is 11.8. The van der Waals surface area contributed by atoms with Crippen molar-refractivity contribution in [2.75, 3.05) is 26.0 Å². The van der Waals surface area contributed by atoms with Crippen molar-refractivity contribution < 1.29 is 22.1 Å². The Bertz CT molecular complexity index is 570. The van der Waals surface area contributed by atoms with Gasteiger partial charge in [-0.2, -0.15) is 8.42 Å². The molecular formula is C17H30N2O5S. The Morgan fingerprint density at radius 1 is 1.28 bits per heavy atom. The van der Waals surface area contributed by atoms with Crippen molar-refractivity contribution in [3.05, 3.63) is 0 Å². The number of rotatable bonds is 8. The van der Waals surface area contributed by atoms with E-state index in [2.05, 4.69) is 17.1 Å². The van der Waals surface area contributed by atoms with Gasteiger partial charge in [-0.25, -0.2) is 4.79 Å². The van der Waals surface area contributed by atoms with Crippen LogP contribution >= 0.6 is 0 Å². The van der Waals surface area contributed by atoms with E-state index in [0.29, 0.717) is 11.8 Å². The monoisotopic (exact) mass is 374 g/mol. The minimum absolute atomic E-state index is 0.108. The number of piperidine rings is 1. The molecule has 0 aromatic carbocycles. The number of nitrogens with one attached hydrogen (secondary N) is 1. The van der Waals surface area contributed by atoms with Gasteiger partial charge in [0.1, 0.15) is 12.7 Å². The Hall–Kier alpha value is -0.860. The molecule has 0 aromatic heterocycles. The number of ether oxygens (including phenoxy) is 1. The van der Waals surface area contributed by atoms with Gasteiger partial charge in [-0.15, -0.1) is 0 Å². The van der Waals surface area contributed by atoms with E-state index in [-0.39, 0.29) is 12.6 Å². The van der Waals surface area contributed by atoms with Crippen LogP contribution in [0.4, 0.5) is 4.79 Å². The van der Waals surface area contributed by atoms with Gasteiger partial charge in [-0.05, 0) is 57.0 Å². The lowest BCUT2D eigenvalue weighted by atomic mass is 9.76. The molecule has 3 aliphatic rings. The molecule has 3 unspecified atom stereocenters. The molecule has 25 heavy (non-hydrogen) atoms. The number of amides is 1. The number of cyclic esters (lactones) is 1. The number of hydrogen-bond acceptors (Lipinski definition) is 6. The molecule has 8 heteroatoms. The van der Waals surface area contributed by atoms with Gasteiger partial charge >= 0.3 is 6.09 Å². The van der Waals surface area contributed by atoms with Crippen LogP contribution in [0.25, 0.3) is 0 Å². The predicted molar refractivity (Wildman–Crippen MR) is 93.7 cm³/mol. The zero-order valence-electron chi connectivity index (χ0n) is 15.1. The minimum Gasteiger partial charge on any atom is -0.442 e. The maximum absolute atomic E-state index is 11.8. The van der Waals surface area contributed by atoms with Gasteiger partial charge in [0, 0.05) is 6.04 Å². The molecule has 7 nitrogen and oxygen atoms in total. The van der Waals surface area contributed by atoms with Crippen molar-refractivity contribution in [3.63, 3.8) is 0 Å². The average molecular weight is 375 g/mol. The lowest BCUT2D eigenvalue weighted by Gasteiger charge is -2.39. The maximum Gasteiger partial charge on any atom is 0.407 e. The third-order valence-corrected chi connectivity index (χ3v) is 6.28. The minimum atomic E-state index is -3.55. The number of nitrogens with zero attached hydrogens (tertiary/aromatic N) is 1. The van der Waals surface area contributed by atoms with Crippen molar-refractivity contribution in [1.29, 1.82) is 0 Å². The second-order valence-electron chi connectivity index (χ2n) is 7.66. The summed E-state index contributed by atoms with van der Waals surface area (Å²) < 4.78 is 32.8. The number of hydrogen-bond donors (Lipinski definition) is 1. The van der Waals surface area contributed by atoms with Crippen LogP contribution in [0.1, 0.15) is 45.4 Å². The Kier molecular flexibility index (Phi) is 5.90. The van der Waals surface area contributed by atoms with Crippen LogP contribution in [0.5, 0.6) is 0 Å². The molecule has 0 spiro atoms. The molecule has 1 aliphatic carbocycles. The summed E-state index contributed by atoms with van der Waals surface area (Å²) in [6.45, 7) is 4.29. The number of carbonyl (C=O) groups excluding carboxylic acids is 1. The van der Waals surface area contributed by atoms with Crippen LogP contribution < -0.4 is 5.32 Å². The van der Waals surface area contributed by atoms with Gasteiger partial charge in [-0.3, -0.25) is 4.18 Å². The summed E-state index contributed by atoms with van der Waals surface area (Å²) >= 11 is 0. The Labute approximate surface area is 150 Å². The van der Waals surface area contributed by atoms with Crippen molar-refractivity contribution in [2.45, 2.75) is 63.6 Å². The first kappa shape index (κ1) is 18.9. The quantitative estimate of drug-likeness (QED) is 0.651. The summed E-state index contributed by atoms with van der Waals surface area (Å²) in [6.07, 6.45) is 6.96. The number of carbonyl (C=O) groups is 1. The highest BCUT2D eigenvalue weighted by Gasteiger charge is 2.44. The Morgan fingerprint density at radius 2 is 1.96 bits per heavy atom. The molecule has 3 atom stereocenters. The average Bonchev–Trinajstić information content (AvgIpc) is 3.33. The molecule has 1 N–H and O–H groups in total. The van der Waals surface area contributed by atoms with Crippen LogP contribution in [-0.2, 0) is 19.0 Å². The van der Waals surface area contributed by atoms with Gasteiger partial charge in [0.15, 0.2) is 0 Å². The van der Waals surface area contributed by atoms with Gasteiger partial charge in [0.05, 0.1) is 12.3 Å². The molecule has 2 aliphatic heterocycles. The van der Waals surface area contributed by atoms with E-state index in [1.165, 1.54) is 12.8 Å². The highest BCUT2D eigenvalue weighted by Crippen LogP contribution is 2.37. The van der Waals surface area contributed by atoms with Gasteiger partial charge in [-0.1, -0.05) is 13.3 Å². The second-order valence-corrected chi connectivity index (χ2v) is 9.30. The van der Waals surface area contributed by atoms with Crippen molar-refractivity contribution >= 4 is 16.2 Å². The third-order valence-electron chi connectivity index (χ3n) is 5.72. The molecule has 144 valence electrons. The molecule has 2 saturated heterocycles. The van der Waals surface area contributed by atoms with Crippen LogP contribution in [0.2, 0.25) is 0 Å². The highest BCUT2D eigenvalue weighted by molar-refractivity contribution is 7.85. The molecule has 3 rings (SSSR count). The van der Waals surface area contributed by atoms with E-state index < -0.39 is 22.3 Å². The summed E-state index contributed by atoms with van der Waals surface area (Å²) in [5.41, 5.74) is 0. The predicted octanol–water partition coefficient (Wildman–Crippen LogP) is 1.73. The summed E-state index contributed by atoms with van der Waals surface area (Å²) in [5, 5.41) is 2.92. The van der Waals surface area contributed by atoms with E-state index in [0.717, 1.165) is 51.1 Å². The SMILES string of the molecule is CCCC(C1CCN(C2CC2)CC1)C1NC(=O)OC1COS(C)(=O)=O. The molecule has 0 radical (unpaired) electrons. The first-order valence-corrected chi connectivity index (χ1v) is 11.2. The zero-order chi connectivity index (χ0) is 18.0. The lowest BCUT2D eigenvalue weighted by molar-refractivity contribution is 0.0590. The topological polar surface area (TPSA) is 84.9 Å². The smallest absolute Gasteiger partial charge is 0.407 e. The molecular weight excluding hydrogens is 344 g/mol. The normalized spacial score (nSPS) is 30.1. The summed E-state index contributed by atoms with van der Waals surface area (Å²) in [5.74, 6) is 0.827. The fraction of sp³-hybridized carbons (Fsp3) is 0.941. The molecule has 0 bridgehead atoms. The third kappa shape index (κ3) is 5.08. The van der Waals surface area contributed by atoms with Crippen molar-refractivity contribution in [1.82, 2.24) is 10.2 Å². The first-order valence-electron chi connectivity index (χ1n) is 9.43. The van der Waals surface area contributed by atoms with E-state index in [9.17, 15) is 13.2 Å². The van der Waals surface area contributed by atoms with Gasteiger partial charge in [0.25, 0.3) is 10.1 Å². The van der Waals surface area contributed by atoms with Crippen LogP contribution in [-0.4, -0.2) is 63.6 Å². The molecule has 3 fully saturated rings. The van der Waals surface area contributed by atoms with Crippen LogP contribution in [0.3, 0.4) is 0 Å². The lowest BCUT2D eigenvalue weighted by Crippen LogP contribution is -2.47. The first-order chi connectivity index (χ1) is 11.9. The molecule has 2 heterocycles. The second kappa shape index (κ2) is 7.80. The van der Waals surface area contributed by atoms with E-state index >= 15 is 0 Å². The summed E-state index contributed by atoms with van der Waals surface area (Å²) in [4.78, 5) is 14.4. The zero-order valence-corrected chi connectivity index (χ0v) is 16.0. The number of likely N-dealkylation sites (tertiary alicyclic amines) is 1. The van der Waals surface area contributed by atoms with E-state index in [1.807, 2.05) is 0 Å². The Morgan fingerprint density at radius 3 is 2.52 bits per heavy atom. The fourth-order valence-electron chi connectivity index (χ4n) is 4.38. The van der Waals surface area contributed by atoms with Gasteiger partial charge < -0.3 is 15.0 Å². The largest absolute Gasteiger partial charge is 0.442 e. The van der Waals surface area contributed by atoms with Gasteiger partial charge in [0.2, 0.25) is 0 Å².